The van der Waals surface area contributed by atoms with E-state index in [0.29, 0.717) is 44.5 Å². The van der Waals surface area contributed by atoms with Gasteiger partial charge in [-0.25, -0.2) is 0 Å². The van der Waals surface area contributed by atoms with Crippen LogP contribution in [0.25, 0.3) is 11.1 Å². The second-order valence-corrected chi connectivity index (χ2v) is 24.7. The second kappa shape index (κ2) is 35.2. The Labute approximate surface area is 610 Å². The fourth-order valence-electron chi connectivity index (χ4n) is 7.27. The van der Waals surface area contributed by atoms with Crippen LogP contribution in [0, 0.1) is 69.1 Å². The molecule has 0 aliphatic carbocycles. The number of rotatable bonds is 1. The average molecular weight is 1230 g/mol. The summed E-state index contributed by atoms with van der Waals surface area (Å²) in [6.07, 6.45) is 0. The van der Waals surface area contributed by atoms with E-state index in [2.05, 4.69) is 0 Å². The fraction of sp³-hybridized carbons (Fsp3) is 0.386. The zero-order valence-electron chi connectivity index (χ0n) is 104. The summed E-state index contributed by atoms with van der Waals surface area (Å²) < 4.78 is 374. The normalized spacial score (nSPS) is 20.3. The first kappa shape index (κ1) is 30.2. The molecule has 0 aromatic heterocycles. The summed E-state index contributed by atoms with van der Waals surface area (Å²) in [5.41, 5.74) is -1.44. The molecular formula is C88H120. The van der Waals surface area contributed by atoms with Crippen molar-refractivity contribution in [3.05, 3.63) is 307 Å². The minimum absolute atomic E-state index is 0.00185. The predicted molar refractivity (Wildman–Crippen MR) is 397 cm³/mol. The number of hydrogen-bond acceptors (Lipinski definition) is 0. The molecule has 0 nitrogen and oxygen atoms in total. The van der Waals surface area contributed by atoms with E-state index >= 15 is 0 Å². The van der Waals surface area contributed by atoms with Gasteiger partial charge in [-0.05, 0) is 168 Å². The molecule has 0 saturated carbocycles. The first-order valence-electron chi connectivity index (χ1n) is 52.6. The summed E-state index contributed by atoms with van der Waals surface area (Å²) in [6.45, 7) is 11.2. The standard InChI is InChI=1S/C15H24.C13H12.4C11H16.2C8H10/c1-11-8-9-12(14(2,3)4)10-13(11)15(5,6)7;1-11-7-5-6-10-13(11)12-8-3-2-4-9-12;1-9-5-7-10(8-6-9)11(2,3)4;1-9-6-5-7-10(8-9)11(2,3)4;2*1-9-7-5-6-8-10(9)11(2,3)4;2*1-7-3-5-8(2)6-4-7/h8-10H,1-7H3;2-10H,1H3;4*5-8H,1-4H3;2*3-6H,1-2H3/i2D3,3D3,4D3;2D,3D,4D,8D,9D;2*5D,6D,7D,8D;2D3,3D3,4D3,5D,6D,7D,8D;5D,6D,7D,8D;1D3,3D,4D,5D,6D;1D3. The van der Waals surface area contributed by atoms with Gasteiger partial charge in [-0.1, -0.05) is 375 Å². The van der Waals surface area contributed by atoms with Gasteiger partial charge in [-0.15, -0.1) is 0 Å². The van der Waals surface area contributed by atoms with Gasteiger partial charge in [0, 0.05) is 32.9 Å². The molecule has 0 amide bonds. The summed E-state index contributed by atoms with van der Waals surface area (Å²) in [5, 5.41) is 0. The van der Waals surface area contributed by atoms with Crippen molar-refractivity contribution in [3.8, 4) is 11.1 Å². The number of aryl methyl sites for hydroxylation is 4. The molecule has 0 atom stereocenters. The minimum Gasteiger partial charge on any atom is -0.0622 e. The van der Waals surface area contributed by atoms with Gasteiger partial charge in [0.15, 0.2) is 0 Å². The first-order valence-corrected chi connectivity index (χ1v) is 28.1. The van der Waals surface area contributed by atoms with Crippen molar-refractivity contribution in [2.24, 2.45) is 0 Å². The van der Waals surface area contributed by atoms with Crippen molar-refractivity contribution in [1.29, 1.82) is 0 Å². The zero-order valence-corrected chi connectivity index (χ0v) is 54.9. The van der Waals surface area contributed by atoms with Gasteiger partial charge in [-0.2, -0.15) is 0 Å². The first-order chi connectivity index (χ1) is 60.9. The van der Waals surface area contributed by atoms with Crippen LogP contribution in [0.4, 0.5) is 0 Å². The zero-order chi connectivity index (χ0) is 109. The Kier molecular flexibility index (Phi) is 12.1. The number of benzene rings is 9. The molecule has 0 heterocycles. The van der Waals surface area contributed by atoms with Crippen LogP contribution in [0.15, 0.2) is 218 Å². The number of hydrogen-bond donors (Lipinski definition) is 0. The van der Waals surface area contributed by atoms with Crippen LogP contribution < -0.4 is 0 Å². The van der Waals surface area contributed by atoms with Gasteiger partial charge in [-0.3, -0.25) is 0 Å². The molecule has 0 spiro atoms. The Bertz CT molecular complexity index is 5250. The lowest BCUT2D eigenvalue weighted by Gasteiger charge is -2.26. The van der Waals surface area contributed by atoms with Crippen molar-refractivity contribution in [3.63, 3.8) is 0 Å². The molecule has 0 bridgehead atoms. The van der Waals surface area contributed by atoms with Crippen LogP contribution in [0.1, 0.15) is 280 Å². The lowest BCUT2D eigenvalue weighted by atomic mass is 9.79. The molecular weight excluding hydrogens is 1060 g/mol. The van der Waals surface area contributed by atoms with E-state index in [4.69, 9.17) is 67.2 Å². The third-order valence-corrected chi connectivity index (χ3v) is 12.1. The summed E-state index contributed by atoms with van der Waals surface area (Å²) in [4.78, 5) is 0. The third-order valence-electron chi connectivity index (χ3n) is 12.1. The average Bonchev–Trinajstić information content (AvgIpc) is 0.690. The maximum atomic E-state index is 7.93. The molecule has 9 aromatic rings. The Hall–Kier alpha value is -7.02. The van der Waals surface area contributed by atoms with Crippen LogP contribution in [0.5, 0.6) is 0 Å². The van der Waals surface area contributed by atoms with Crippen molar-refractivity contribution in [2.45, 2.75) is 226 Å². The maximum Gasteiger partial charge on any atom is 0.0629 e. The van der Waals surface area contributed by atoms with Crippen molar-refractivity contribution in [1.82, 2.24) is 0 Å². The quantitative estimate of drug-likeness (QED) is 0.154. The van der Waals surface area contributed by atoms with Crippen molar-refractivity contribution in [2.75, 3.05) is 0 Å². The highest BCUT2D eigenvalue weighted by Crippen LogP contribution is 2.32. The monoisotopic (exact) mass is 1230 g/mol. The predicted octanol–water partition coefficient (Wildman–Crippen LogP) is 26.0. The van der Waals surface area contributed by atoms with Gasteiger partial charge in [0.1, 0.15) is 0 Å². The summed E-state index contributed by atoms with van der Waals surface area (Å²) >= 11 is 0. The SMILES string of the molecule is [2H]C([2H])([2H])C(c1ccc(C)c(C(C)(C)C)c1)(C([2H])([2H])[2H])C([2H])([2H])[2H].[2H]C([2H])([2H])c1ccc(C)cc1.[2H]c1c([2H])c(C(C)(C)C)c([2H])c([2H])c1C.[2H]c1c([2H])c(C([2H])([2H])[2H])c([2H])c([2H])c1C.[2H]c1c([2H])c(C)c([2H])c(C(C)(C)C)c1[2H].[2H]c1c([2H])c([2H])c(-c2ccccc2C)c([2H])c1[2H].[2H]c1c([2H])c([2H])c(C(C([2H])([2H])[2H])(C([2H])([2H])[2H])C([2H])([2H])[2H])c(C)c1[2H].[2H]c1c([2H])c([2H])c(C(C)(C)C)c(C)c1[2H]. The molecule has 0 heteroatoms. The highest BCUT2D eigenvalue weighted by Gasteiger charge is 2.21. The van der Waals surface area contributed by atoms with E-state index in [1.54, 1.807) is 51.1 Å². The molecule has 0 unspecified atom stereocenters. The van der Waals surface area contributed by atoms with Crippen LogP contribution in [0.2, 0.25) is 0 Å². The summed E-state index contributed by atoms with van der Waals surface area (Å²) in [5.74, 6) is 0. The van der Waals surface area contributed by atoms with Gasteiger partial charge in [0.2, 0.25) is 0 Å². The van der Waals surface area contributed by atoms with E-state index in [1.165, 1.54) is 19.1 Å². The second-order valence-electron chi connectivity index (χ2n) is 24.7. The summed E-state index contributed by atoms with van der Waals surface area (Å²) in [6, 6.07) is 12.8. The fourth-order valence-corrected chi connectivity index (χ4v) is 7.27. The Morgan fingerprint density at radius 1 is 0.273 bits per heavy atom. The molecule has 9 aromatic carbocycles. The van der Waals surface area contributed by atoms with Crippen LogP contribution >= 0.6 is 0 Å². The Morgan fingerprint density at radius 2 is 0.716 bits per heavy atom. The molecule has 0 fully saturated rings. The molecule has 0 N–H and O–H groups in total. The lowest BCUT2D eigenvalue weighted by Crippen LogP contribution is -2.17. The van der Waals surface area contributed by atoms with E-state index < -0.39 is 119 Å². The van der Waals surface area contributed by atoms with E-state index in [1.807, 2.05) is 128 Å². The van der Waals surface area contributed by atoms with Crippen LogP contribution in [-0.2, 0) is 32.5 Å². The van der Waals surface area contributed by atoms with Gasteiger partial charge in [0.05, 0.1) is 34.3 Å². The molecule has 0 aliphatic rings. The lowest BCUT2D eigenvalue weighted by molar-refractivity contribution is 0.566. The topological polar surface area (TPSA) is 0 Å². The maximum absolute atomic E-state index is 7.93. The largest absolute Gasteiger partial charge is 0.0629 e. The molecule has 0 saturated heterocycles. The third kappa shape index (κ3) is 29.8. The summed E-state index contributed by atoms with van der Waals surface area (Å²) in [7, 11) is 0. The van der Waals surface area contributed by atoms with Crippen molar-refractivity contribution >= 4 is 0 Å². The smallest absolute Gasteiger partial charge is 0.0622 e. The Balaban J connectivity index is 0.000000535. The van der Waals surface area contributed by atoms with Gasteiger partial charge >= 0.3 is 0 Å². The molecule has 88 heavy (non-hydrogen) atoms. The molecule has 0 aliphatic heterocycles. The molecule has 472 valence electrons. The molecule has 9 rings (SSSR count). The highest BCUT2D eigenvalue weighted by molar-refractivity contribution is 5.66. The minimum atomic E-state index is -3.58. The highest BCUT2D eigenvalue weighted by atomic mass is 14.3. The van der Waals surface area contributed by atoms with E-state index in [0.717, 1.165) is 29.2 Å². The van der Waals surface area contributed by atoms with Crippen molar-refractivity contribution < 1.29 is 67.2 Å². The van der Waals surface area contributed by atoms with Crippen LogP contribution in [-0.4, -0.2) is 0 Å². The molecule has 0 radical (unpaired) electrons. The van der Waals surface area contributed by atoms with Gasteiger partial charge < -0.3 is 0 Å². The van der Waals surface area contributed by atoms with Crippen LogP contribution in [0.3, 0.4) is 0 Å². The Morgan fingerprint density at radius 3 is 1.18 bits per heavy atom. The van der Waals surface area contributed by atoms with Gasteiger partial charge in [0.25, 0.3) is 0 Å². The van der Waals surface area contributed by atoms with E-state index in [-0.39, 0.29) is 153 Å². The van der Waals surface area contributed by atoms with E-state index in [9.17, 15) is 0 Å².